The van der Waals surface area contributed by atoms with Gasteiger partial charge in [0.25, 0.3) is 0 Å². The van der Waals surface area contributed by atoms with E-state index in [0.717, 1.165) is 12.8 Å². The van der Waals surface area contributed by atoms with Gasteiger partial charge in [-0.2, -0.15) is 4.98 Å². The molecule has 0 spiro atoms. The van der Waals surface area contributed by atoms with Crippen LogP contribution in [0.25, 0.3) is 0 Å². The molecule has 2 atom stereocenters. The van der Waals surface area contributed by atoms with Gasteiger partial charge in [-0.1, -0.05) is 5.16 Å². The first-order chi connectivity index (χ1) is 8.94. The molecule has 7 nitrogen and oxygen atoms in total. The van der Waals surface area contributed by atoms with Gasteiger partial charge >= 0.3 is 6.09 Å². The van der Waals surface area contributed by atoms with Gasteiger partial charge in [0.2, 0.25) is 6.39 Å². The summed E-state index contributed by atoms with van der Waals surface area (Å²) in [6.07, 6.45) is 2.23. The van der Waals surface area contributed by atoms with E-state index in [1.807, 2.05) is 20.8 Å². The van der Waals surface area contributed by atoms with Crippen LogP contribution in [-0.2, 0) is 9.47 Å². The van der Waals surface area contributed by atoms with Crippen LogP contribution in [0.2, 0.25) is 0 Å². The van der Waals surface area contributed by atoms with E-state index in [1.165, 1.54) is 6.39 Å². The average Bonchev–Trinajstić information content (AvgIpc) is 2.80. The van der Waals surface area contributed by atoms with Crippen molar-refractivity contribution in [2.24, 2.45) is 0 Å². The number of carbonyl (C=O) groups is 1. The molecule has 1 fully saturated rings. The Morgan fingerprint density at radius 2 is 2.26 bits per heavy atom. The van der Waals surface area contributed by atoms with E-state index >= 15 is 0 Å². The summed E-state index contributed by atoms with van der Waals surface area (Å²) in [6.45, 7) is 5.90. The van der Waals surface area contributed by atoms with E-state index in [2.05, 4.69) is 20.0 Å². The van der Waals surface area contributed by atoms with E-state index in [-0.39, 0.29) is 12.1 Å². The van der Waals surface area contributed by atoms with Crippen LogP contribution >= 0.6 is 0 Å². The van der Waals surface area contributed by atoms with Crippen molar-refractivity contribution in [2.45, 2.75) is 51.4 Å². The lowest BCUT2D eigenvalue weighted by molar-refractivity contribution is -0.0143. The second kappa shape index (κ2) is 5.56. The number of nitrogens with zero attached hydrogens (tertiary/aromatic N) is 2. The van der Waals surface area contributed by atoms with Crippen LogP contribution < -0.4 is 5.32 Å². The monoisotopic (exact) mass is 269 g/mol. The lowest BCUT2D eigenvalue weighted by Gasteiger charge is -2.29. The summed E-state index contributed by atoms with van der Waals surface area (Å²) in [7, 11) is 0. The van der Waals surface area contributed by atoms with Crippen molar-refractivity contribution in [3.8, 4) is 0 Å². The Labute approximate surface area is 111 Å². The number of ether oxygens (including phenoxy) is 2. The maximum absolute atomic E-state index is 11.6. The smallest absolute Gasteiger partial charge is 0.407 e. The van der Waals surface area contributed by atoms with Gasteiger partial charge in [-0.3, -0.25) is 0 Å². The first-order valence-electron chi connectivity index (χ1n) is 6.31. The molecule has 1 aliphatic heterocycles. The highest BCUT2D eigenvalue weighted by Gasteiger charge is 2.27. The number of amides is 1. The van der Waals surface area contributed by atoms with Crippen LogP contribution in [0.4, 0.5) is 4.79 Å². The first-order valence-corrected chi connectivity index (χ1v) is 6.31. The van der Waals surface area contributed by atoms with Gasteiger partial charge in [-0.25, -0.2) is 4.79 Å². The van der Waals surface area contributed by atoms with Crippen LogP contribution in [-0.4, -0.2) is 34.5 Å². The zero-order chi connectivity index (χ0) is 13.9. The highest BCUT2D eigenvalue weighted by molar-refractivity contribution is 5.68. The molecule has 0 saturated carbocycles. The number of hydrogen-bond donors (Lipinski definition) is 1. The van der Waals surface area contributed by atoms with Gasteiger partial charge in [-0.15, -0.1) is 0 Å². The van der Waals surface area contributed by atoms with Crippen molar-refractivity contribution < 1.29 is 18.8 Å². The van der Waals surface area contributed by atoms with Crippen molar-refractivity contribution in [2.75, 3.05) is 6.61 Å². The number of alkyl carbamates (subject to hydrolysis) is 1. The van der Waals surface area contributed by atoms with Crippen molar-refractivity contribution in [1.29, 1.82) is 0 Å². The Kier molecular flexibility index (Phi) is 4.04. The fourth-order valence-electron chi connectivity index (χ4n) is 1.86. The predicted octanol–water partition coefficient (Wildman–Crippen LogP) is 1.81. The van der Waals surface area contributed by atoms with E-state index in [9.17, 15) is 4.79 Å². The third-order valence-corrected chi connectivity index (χ3v) is 2.66. The predicted molar refractivity (Wildman–Crippen MR) is 65.4 cm³/mol. The van der Waals surface area contributed by atoms with Gasteiger partial charge in [0.15, 0.2) is 5.82 Å². The van der Waals surface area contributed by atoms with Gasteiger partial charge in [0.05, 0.1) is 12.6 Å². The third kappa shape index (κ3) is 4.20. The number of hydrogen-bond acceptors (Lipinski definition) is 6. The fraction of sp³-hybridized carbons (Fsp3) is 0.750. The summed E-state index contributed by atoms with van der Waals surface area (Å²) in [5.41, 5.74) is -0.493. The summed E-state index contributed by atoms with van der Waals surface area (Å²) in [6, 6.07) is -0.0435. The molecule has 2 rings (SSSR count). The van der Waals surface area contributed by atoms with E-state index in [4.69, 9.17) is 9.47 Å². The lowest BCUT2D eigenvalue weighted by atomic mass is 10.0. The highest BCUT2D eigenvalue weighted by Crippen LogP contribution is 2.25. The molecule has 0 bridgehead atoms. The summed E-state index contributed by atoms with van der Waals surface area (Å²) in [5.74, 6) is 0.552. The number of nitrogens with one attached hydrogen (secondary N) is 1. The quantitative estimate of drug-likeness (QED) is 0.881. The van der Waals surface area contributed by atoms with Crippen LogP contribution in [0, 0.1) is 0 Å². The number of carbonyl (C=O) groups excluding carboxylic acids is 1. The average molecular weight is 269 g/mol. The second-order valence-corrected chi connectivity index (χ2v) is 5.53. The van der Waals surface area contributed by atoms with Crippen molar-refractivity contribution in [3.63, 3.8) is 0 Å². The molecule has 1 aliphatic rings. The maximum Gasteiger partial charge on any atom is 0.407 e. The summed E-state index contributed by atoms with van der Waals surface area (Å²) >= 11 is 0. The fourth-order valence-corrected chi connectivity index (χ4v) is 1.86. The molecule has 1 saturated heterocycles. The van der Waals surface area contributed by atoms with E-state index < -0.39 is 11.7 Å². The minimum atomic E-state index is -0.493. The Bertz CT molecular complexity index is 405. The minimum absolute atomic E-state index is 0.0435. The molecule has 106 valence electrons. The number of rotatable bonds is 2. The second-order valence-electron chi connectivity index (χ2n) is 5.53. The zero-order valence-corrected chi connectivity index (χ0v) is 11.4. The molecule has 19 heavy (non-hydrogen) atoms. The van der Waals surface area contributed by atoms with Crippen LogP contribution in [0.5, 0.6) is 0 Å². The molecular formula is C12H19N3O4. The largest absolute Gasteiger partial charge is 0.444 e. The summed E-state index contributed by atoms with van der Waals surface area (Å²) < 4.78 is 15.5. The normalized spacial score (nSPS) is 23.9. The minimum Gasteiger partial charge on any atom is -0.444 e. The van der Waals surface area contributed by atoms with Crippen LogP contribution in [0.1, 0.15) is 45.5 Å². The van der Waals surface area contributed by atoms with Gasteiger partial charge in [0, 0.05) is 0 Å². The van der Waals surface area contributed by atoms with Gasteiger partial charge < -0.3 is 19.3 Å². The molecule has 1 unspecified atom stereocenters. The lowest BCUT2D eigenvalue weighted by Crippen LogP contribution is -2.43. The topological polar surface area (TPSA) is 86.5 Å². The molecule has 1 amide bonds. The van der Waals surface area contributed by atoms with Crippen molar-refractivity contribution in [3.05, 3.63) is 12.2 Å². The highest BCUT2D eigenvalue weighted by atomic mass is 16.6. The molecule has 7 heteroatoms. The van der Waals surface area contributed by atoms with E-state index in [0.29, 0.717) is 12.4 Å². The summed E-state index contributed by atoms with van der Waals surface area (Å²) in [4.78, 5) is 15.6. The van der Waals surface area contributed by atoms with Crippen LogP contribution in [0.15, 0.2) is 10.9 Å². The van der Waals surface area contributed by atoms with Crippen molar-refractivity contribution in [1.82, 2.24) is 15.5 Å². The molecule has 1 aromatic rings. The maximum atomic E-state index is 11.6. The number of aromatic nitrogens is 2. The molecule has 0 aromatic carbocycles. The van der Waals surface area contributed by atoms with Crippen LogP contribution in [0.3, 0.4) is 0 Å². The Balaban J connectivity index is 1.76. The Hall–Kier alpha value is -1.63. The SMILES string of the molecule is CC(C)(C)OC(=O)N[C@@H]1CCC(c2ncon2)OC1. The Morgan fingerprint density at radius 3 is 2.79 bits per heavy atom. The molecule has 0 aliphatic carbocycles. The molecule has 0 radical (unpaired) electrons. The van der Waals surface area contributed by atoms with E-state index in [1.54, 1.807) is 0 Å². The standard InChI is InChI=1S/C12H19N3O4/c1-12(2,3)19-11(16)14-8-4-5-9(17-6-8)10-13-7-18-15-10/h7-9H,4-6H2,1-3H3,(H,14,16)/t8-,9?/m1/s1. The van der Waals surface area contributed by atoms with Gasteiger partial charge in [0.1, 0.15) is 11.7 Å². The molecule has 1 aromatic heterocycles. The summed E-state index contributed by atoms with van der Waals surface area (Å²) in [5, 5.41) is 6.54. The van der Waals surface area contributed by atoms with Gasteiger partial charge in [-0.05, 0) is 33.6 Å². The molecular weight excluding hydrogens is 250 g/mol. The zero-order valence-electron chi connectivity index (χ0n) is 11.4. The molecule has 2 heterocycles. The van der Waals surface area contributed by atoms with Crippen molar-refractivity contribution >= 4 is 6.09 Å². The third-order valence-electron chi connectivity index (χ3n) is 2.66. The molecule has 1 N–H and O–H groups in total. The first kappa shape index (κ1) is 13.8. The Morgan fingerprint density at radius 1 is 1.47 bits per heavy atom.